The number of hydrogen-bond donors (Lipinski definition) is 0. The quantitative estimate of drug-likeness (QED) is 0.550. The lowest BCUT2D eigenvalue weighted by atomic mass is 9.95. The topological polar surface area (TPSA) is 0 Å². The molecule has 0 N–H and O–H groups in total. The van der Waals surface area contributed by atoms with Crippen LogP contribution in [0.3, 0.4) is 0 Å². The van der Waals surface area contributed by atoms with E-state index < -0.39 is 11.7 Å². The Bertz CT molecular complexity index is 295. The van der Waals surface area contributed by atoms with Crippen molar-refractivity contribution in [2.75, 3.05) is 0 Å². The van der Waals surface area contributed by atoms with Crippen LogP contribution in [0.2, 0.25) is 5.02 Å². The highest BCUT2D eigenvalue weighted by molar-refractivity contribution is 6.36. The fourth-order valence-corrected chi connectivity index (χ4v) is 1.06. The molecule has 1 rings (SSSR count). The Kier molecular flexibility index (Phi) is 2.37. The van der Waals surface area contributed by atoms with Crippen molar-refractivity contribution < 1.29 is 13.2 Å². The Balaban J connectivity index is 3.19. The third-order valence-corrected chi connectivity index (χ3v) is 1.61. The van der Waals surface area contributed by atoms with Gasteiger partial charge < -0.3 is 0 Å². The third-order valence-electron chi connectivity index (χ3n) is 1.30. The fourth-order valence-electron chi connectivity index (χ4n) is 0.761. The number of alkyl halides is 3. The molecule has 0 aliphatic rings. The molecular weight excluding hydrogens is 187 g/mol. The normalized spacial score (nSPS) is 11.7. The summed E-state index contributed by atoms with van der Waals surface area (Å²) >= 11 is 5.31. The minimum Gasteiger partial charge on any atom is -0.166 e. The van der Waals surface area contributed by atoms with E-state index in [4.69, 9.17) is 19.4 Å². The maximum atomic E-state index is 12.1. The second-order valence-electron chi connectivity index (χ2n) is 2.24. The van der Waals surface area contributed by atoms with Crippen molar-refractivity contribution in [3.05, 3.63) is 28.8 Å². The maximum Gasteiger partial charge on any atom is 0.417 e. The van der Waals surface area contributed by atoms with E-state index in [-0.39, 0.29) is 10.5 Å². The van der Waals surface area contributed by atoms with E-state index in [1.165, 1.54) is 0 Å². The molecule has 0 aliphatic heterocycles. The van der Waals surface area contributed by atoms with Crippen LogP contribution in [0.1, 0.15) is 5.56 Å². The molecule has 5 heteroatoms. The van der Waals surface area contributed by atoms with Crippen LogP contribution in [0.25, 0.3) is 0 Å². The van der Waals surface area contributed by atoms with Gasteiger partial charge in [0.05, 0.1) is 10.6 Å². The third kappa shape index (κ3) is 1.94. The van der Waals surface area contributed by atoms with E-state index in [9.17, 15) is 13.2 Å². The van der Waals surface area contributed by atoms with Gasteiger partial charge in [0.2, 0.25) is 0 Å². The van der Waals surface area contributed by atoms with Crippen molar-refractivity contribution in [3.8, 4) is 0 Å². The molecule has 0 saturated heterocycles. The minimum absolute atomic E-state index is 0.216. The minimum atomic E-state index is -4.41. The van der Waals surface area contributed by atoms with Gasteiger partial charge in [-0.15, -0.1) is 0 Å². The molecule has 0 spiro atoms. The zero-order valence-electron chi connectivity index (χ0n) is 5.82. The van der Waals surface area contributed by atoms with Crippen LogP contribution in [0.4, 0.5) is 13.2 Å². The molecule has 0 nitrogen and oxygen atoms in total. The van der Waals surface area contributed by atoms with Crippen molar-refractivity contribution in [2.24, 2.45) is 0 Å². The summed E-state index contributed by atoms with van der Waals surface area (Å²) in [6.07, 6.45) is -4.41. The molecular formula is C7H3BClF3. The SMILES string of the molecule is [B]c1ccc(C(F)(F)F)c(Cl)c1. The molecule has 62 valence electrons. The van der Waals surface area contributed by atoms with Crippen molar-refractivity contribution in [1.82, 2.24) is 0 Å². The van der Waals surface area contributed by atoms with E-state index in [2.05, 4.69) is 0 Å². The van der Waals surface area contributed by atoms with Crippen molar-refractivity contribution in [3.63, 3.8) is 0 Å². The van der Waals surface area contributed by atoms with Gasteiger partial charge >= 0.3 is 6.18 Å². The van der Waals surface area contributed by atoms with E-state index >= 15 is 0 Å². The highest BCUT2D eigenvalue weighted by atomic mass is 35.5. The highest BCUT2D eigenvalue weighted by Crippen LogP contribution is 2.33. The first-order valence-electron chi connectivity index (χ1n) is 3.03. The monoisotopic (exact) mass is 190 g/mol. The van der Waals surface area contributed by atoms with E-state index in [0.717, 1.165) is 18.2 Å². The standard InChI is InChI=1S/C7H3BClF3/c8-4-1-2-5(6(9)3-4)7(10,11)12/h1-3H. The summed E-state index contributed by atoms with van der Waals surface area (Å²) in [6.45, 7) is 0. The summed E-state index contributed by atoms with van der Waals surface area (Å²) < 4.78 is 36.2. The number of benzene rings is 1. The maximum absolute atomic E-state index is 12.1. The summed E-state index contributed by atoms with van der Waals surface area (Å²) in [5.74, 6) is 0. The molecule has 1 aromatic carbocycles. The van der Waals surface area contributed by atoms with Crippen LogP contribution in [0.5, 0.6) is 0 Å². The molecule has 0 atom stereocenters. The Morgan fingerprint density at radius 1 is 1.25 bits per heavy atom. The first-order valence-corrected chi connectivity index (χ1v) is 3.41. The Morgan fingerprint density at radius 2 is 1.83 bits per heavy atom. The lowest BCUT2D eigenvalue weighted by Crippen LogP contribution is -2.09. The Labute approximate surface area is 73.7 Å². The van der Waals surface area contributed by atoms with Gasteiger partial charge in [-0.3, -0.25) is 0 Å². The molecule has 0 heterocycles. The number of rotatable bonds is 0. The van der Waals surface area contributed by atoms with Crippen LogP contribution < -0.4 is 5.46 Å². The van der Waals surface area contributed by atoms with E-state index in [0.29, 0.717) is 0 Å². The molecule has 2 radical (unpaired) electrons. The summed E-state index contributed by atoms with van der Waals surface area (Å²) in [6, 6.07) is 3.09. The molecule has 0 aliphatic carbocycles. The molecule has 0 bridgehead atoms. The summed E-state index contributed by atoms with van der Waals surface area (Å²) in [5.41, 5.74) is -0.647. The molecule has 0 amide bonds. The van der Waals surface area contributed by atoms with Gasteiger partial charge in [0.25, 0.3) is 0 Å². The Hall–Kier alpha value is -0.635. The predicted molar refractivity (Wildman–Crippen MR) is 41.8 cm³/mol. The van der Waals surface area contributed by atoms with E-state index in [1.807, 2.05) is 0 Å². The van der Waals surface area contributed by atoms with Gasteiger partial charge in [-0.05, 0) is 12.1 Å². The zero-order chi connectivity index (χ0) is 9.35. The number of halogens is 4. The van der Waals surface area contributed by atoms with Gasteiger partial charge in [-0.2, -0.15) is 13.2 Å². The van der Waals surface area contributed by atoms with Crippen molar-refractivity contribution >= 4 is 24.9 Å². The second-order valence-corrected chi connectivity index (χ2v) is 2.64. The largest absolute Gasteiger partial charge is 0.417 e. The van der Waals surface area contributed by atoms with E-state index in [1.54, 1.807) is 0 Å². The first-order chi connectivity index (χ1) is 5.41. The van der Waals surface area contributed by atoms with Gasteiger partial charge in [-0.25, -0.2) is 0 Å². The molecule has 0 aromatic heterocycles. The van der Waals surface area contributed by atoms with Gasteiger partial charge in [0.1, 0.15) is 7.85 Å². The van der Waals surface area contributed by atoms with Crippen LogP contribution in [-0.4, -0.2) is 7.85 Å². The van der Waals surface area contributed by atoms with Crippen LogP contribution >= 0.6 is 11.6 Å². The van der Waals surface area contributed by atoms with Crippen molar-refractivity contribution in [2.45, 2.75) is 6.18 Å². The average Bonchev–Trinajstić information content (AvgIpc) is 1.83. The molecule has 12 heavy (non-hydrogen) atoms. The zero-order valence-corrected chi connectivity index (χ0v) is 6.58. The highest BCUT2D eigenvalue weighted by Gasteiger charge is 2.32. The molecule has 0 saturated carbocycles. The molecule has 0 fully saturated rings. The van der Waals surface area contributed by atoms with Crippen LogP contribution in [0, 0.1) is 0 Å². The summed E-state index contributed by atoms with van der Waals surface area (Å²) in [7, 11) is 5.22. The smallest absolute Gasteiger partial charge is 0.166 e. The molecule has 1 aromatic rings. The molecule has 0 unspecified atom stereocenters. The fraction of sp³-hybridized carbons (Fsp3) is 0.143. The lowest BCUT2D eigenvalue weighted by molar-refractivity contribution is -0.137. The van der Waals surface area contributed by atoms with Crippen LogP contribution in [-0.2, 0) is 6.18 Å². The second kappa shape index (κ2) is 3.01. The van der Waals surface area contributed by atoms with Gasteiger partial charge in [-0.1, -0.05) is 23.1 Å². The Morgan fingerprint density at radius 3 is 2.25 bits per heavy atom. The summed E-state index contributed by atoms with van der Waals surface area (Å²) in [5, 5.41) is -0.373. The number of hydrogen-bond acceptors (Lipinski definition) is 0. The average molecular weight is 190 g/mol. The van der Waals surface area contributed by atoms with Crippen LogP contribution in [0.15, 0.2) is 18.2 Å². The first kappa shape index (κ1) is 9.45. The van der Waals surface area contributed by atoms with Crippen molar-refractivity contribution in [1.29, 1.82) is 0 Å². The summed E-state index contributed by atoms with van der Waals surface area (Å²) in [4.78, 5) is 0. The lowest BCUT2D eigenvalue weighted by Gasteiger charge is -2.08. The van der Waals surface area contributed by atoms with Gasteiger partial charge in [0, 0.05) is 0 Å². The van der Waals surface area contributed by atoms with Gasteiger partial charge in [0.15, 0.2) is 0 Å². The predicted octanol–water partition coefficient (Wildman–Crippen LogP) is 2.15.